The van der Waals surface area contributed by atoms with Crippen molar-refractivity contribution < 1.29 is 13.3 Å². The topological polar surface area (TPSA) is 27.7 Å². The molecule has 0 bridgehead atoms. The lowest BCUT2D eigenvalue weighted by atomic mass is 10.0. The van der Waals surface area contributed by atoms with Crippen molar-refractivity contribution >= 4 is 16.9 Å². The van der Waals surface area contributed by atoms with Crippen LogP contribution in [0.4, 0.5) is 0 Å². The predicted octanol–water partition coefficient (Wildman–Crippen LogP) is 8.44. The van der Waals surface area contributed by atoms with Gasteiger partial charge >= 0.3 is 8.80 Å². The normalized spacial score (nSPS) is 12.6. The predicted molar refractivity (Wildman–Crippen MR) is 134 cm³/mol. The van der Waals surface area contributed by atoms with Crippen LogP contribution >= 0.6 is 0 Å². The molecular formula is C24H54O3Si2. The zero-order valence-electron chi connectivity index (χ0n) is 21.0. The van der Waals surface area contributed by atoms with Crippen LogP contribution in [0, 0.1) is 0 Å². The van der Waals surface area contributed by atoms with E-state index < -0.39 is 16.9 Å². The van der Waals surface area contributed by atoms with Gasteiger partial charge in [-0.15, -0.1) is 0 Å². The molecular weight excluding hydrogens is 392 g/mol. The van der Waals surface area contributed by atoms with E-state index in [1.165, 1.54) is 102 Å². The Morgan fingerprint density at radius 1 is 0.379 bits per heavy atom. The number of rotatable bonds is 22. The quantitative estimate of drug-likeness (QED) is 0.123. The Hall–Kier alpha value is 0.314. The maximum atomic E-state index is 5.47. The average Bonchev–Trinajstić information content (AvgIpc) is 2.69. The van der Waals surface area contributed by atoms with Gasteiger partial charge in [-0.1, -0.05) is 122 Å². The van der Waals surface area contributed by atoms with E-state index in [1.807, 2.05) is 0 Å². The summed E-state index contributed by atoms with van der Waals surface area (Å²) in [6.45, 7) is 7.48. The van der Waals surface area contributed by atoms with Crippen molar-refractivity contribution in [2.75, 3.05) is 21.3 Å². The summed E-state index contributed by atoms with van der Waals surface area (Å²) in [5.74, 6) is 0. The highest BCUT2D eigenvalue weighted by atomic mass is 28.4. The van der Waals surface area contributed by atoms with E-state index >= 15 is 0 Å². The van der Waals surface area contributed by atoms with Gasteiger partial charge < -0.3 is 13.3 Å². The minimum atomic E-state index is -2.33. The number of unbranched alkanes of at least 4 members (excludes halogenated alkanes) is 15. The summed E-state index contributed by atoms with van der Waals surface area (Å²) in [6, 6.07) is 2.46. The summed E-state index contributed by atoms with van der Waals surface area (Å²) >= 11 is 0. The molecule has 0 radical (unpaired) electrons. The van der Waals surface area contributed by atoms with E-state index in [1.54, 1.807) is 21.3 Å². The van der Waals surface area contributed by atoms with Gasteiger partial charge in [0.1, 0.15) is 0 Å². The lowest BCUT2D eigenvalue weighted by Crippen LogP contribution is -2.42. The molecule has 0 atom stereocenters. The van der Waals surface area contributed by atoms with E-state index in [4.69, 9.17) is 13.3 Å². The Bertz CT molecular complexity index is 333. The second-order valence-corrected chi connectivity index (χ2v) is 18.7. The third kappa shape index (κ3) is 18.8. The number of hydrogen-bond acceptors (Lipinski definition) is 3. The smallest absolute Gasteiger partial charge is 0.377 e. The molecule has 0 spiro atoms. The first-order valence-electron chi connectivity index (χ1n) is 12.5. The van der Waals surface area contributed by atoms with Gasteiger partial charge in [-0.2, -0.15) is 0 Å². The minimum absolute atomic E-state index is 0.790. The van der Waals surface area contributed by atoms with Crippen molar-refractivity contribution in [2.24, 2.45) is 0 Å². The Morgan fingerprint density at radius 3 is 0.862 bits per heavy atom. The van der Waals surface area contributed by atoms with Crippen LogP contribution in [0.2, 0.25) is 31.7 Å². The van der Waals surface area contributed by atoms with Crippen LogP contribution in [0.25, 0.3) is 0 Å². The molecule has 0 saturated carbocycles. The second-order valence-electron chi connectivity index (χ2n) is 10.0. The lowest BCUT2D eigenvalue weighted by Gasteiger charge is -2.24. The van der Waals surface area contributed by atoms with E-state index in [-0.39, 0.29) is 0 Å². The van der Waals surface area contributed by atoms with Crippen LogP contribution in [0.5, 0.6) is 0 Å². The SMILES string of the molecule is CO[Si](CCCCCCCCCCCCCCCCCC[Si](C)(C)C)(OC)OC. The highest BCUT2D eigenvalue weighted by Crippen LogP contribution is 2.19. The molecule has 0 rings (SSSR count). The highest BCUT2D eigenvalue weighted by molar-refractivity contribution is 6.76. The standard InChI is InChI=1S/C24H54O3Si2/c1-25-29(26-2,27-3)24-22-20-18-16-14-12-10-8-7-9-11-13-15-17-19-21-23-28(4,5)6/h7-24H2,1-6H3. The average molecular weight is 447 g/mol. The molecule has 5 heteroatoms. The molecule has 0 aromatic rings. The molecule has 29 heavy (non-hydrogen) atoms. The zero-order chi connectivity index (χ0) is 21.8. The van der Waals surface area contributed by atoms with Gasteiger partial charge in [-0.3, -0.25) is 0 Å². The number of hydrogen-bond donors (Lipinski definition) is 0. The van der Waals surface area contributed by atoms with Gasteiger partial charge in [0.25, 0.3) is 0 Å². The summed E-state index contributed by atoms with van der Waals surface area (Å²) in [6.07, 6.45) is 22.5. The Morgan fingerprint density at radius 2 is 0.621 bits per heavy atom. The molecule has 0 fully saturated rings. The molecule has 0 aliphatic rings. The molecule has 176 valence electrons. The Balaban J connectivity index is 3.23. The van der Waals surface area contributed by atoms with E-state index in [2.05, 4.69) is 19.6 Å². The van der Waals surface area contributed by atoms with Crippen LogP contribution in [0.1, 0.15) is 103 Å². The third-order valence-corrected chi connectivity index (χ3v) is 10.8. The Kier molecular flexibility index (Phi) is 19.2. The highest BCUT2D eigenvalue weighted by Gasteiger charge is 2.36. The molecule has 0 aromatic heterocycles. The van der Waals surface area contributed by atoms with Gasteiger partial charge in [0.15, 0.2) is 0 Å². The molecule has 0 unspecified atom stereocenters. The second kappa shape index (κ2) is 19.0. The van der Waals surface area contributed by atoms with Gasteiger partial charge in [-0.05, 0) is 6.42 Å². The van der Waals surface area contributed by atoms with Crippen LogP contribution in [-0.4, -0.2) is 38.2 Å². The lowest BCUT2D eigenvalue weighted by molar-refractivity contribution is 0.122. The molecule has 0 N–H and O–H groups in total. The molecule has 0 aromatic carbocycles. The van der Waals surface area contributed by atoms with Gasteiger partial charge in [0, 0.05) is 35.4 Å². The van der Waals surface area contributed by atoms with Gasteiger partial charge in [-0.25, -0.2) is 0 Å². The first-order valence-corrected chi connectivity index (χ1v) is 18.2. The van der Waals surface area contributed by atoms with E-state index in [0.29, 0.717) is 0 Å². The monoisotopic (exact) mass is 446 g/mol. The molecule has 0 aliphatic heterocycles. The molecule has 0 heterocycles. The minimum Gasteiger partial charge on any atom is -0.377 e. The third-order valence-electron chi connectivity index (χ3n) is 6.09. The largest absolute Gasteiger partial charge is 0.500 e. The van der Waals surface area contributed by atoms with Crippen molar-refractivity contribution in [2.45, 2.75) is 134 Å². The van der Waals surface area contributed by atoms with Crippen molar-refractivity contribution in [1.29, 1.82) is 0 Å². The maximum Gasteiger partial charge on any atom is 0.500 e. The summed E-state index contributed by atoms with van der Waals surface area (Å²) in [5, 5.41) is 0. The summed E-state index contributed by atoms with van der Waals surface area (Å²) in [4.78, 5) is 0. The fourth-order valence-corrected chi connectivity index (χ4v) is 7.13. The van der Waals surface area contributed by atoms with Crippen molar-refractivity contribution in [3.8, 4) is 0 Å². The van der Waals surface area contributed by atoms with Crippen molar-refractivity contribution in [3.05, 3.63) is 0 Å². The summed E-state index contributed by atoms with van der Waals surface area (Å²) in [7, 11) is 1.99. The van der Waals surface area contributed by atoms with Crippen molar-refractivity contribution in [3.63, 3.8) is 0 Å². The molecule has 0 saturated heterocycles. The van der Waals surface area contributed by atoms with Crippen molar-refractivity contribution in [1.82, 2.24) is 0 Å². The van der Waals surface area contributed by atoms with Crippen LogP contribution in [0.15, 0.2) is 0 Å². The fourth-order valence-electron chi connectivity index (χ4n) is 4.03. The zero-order valence-corrected chi connectivity index (χ0v) is 23.0. The summed E-state index contributed by atoms with van der Waals surface area (Å²) < 4.78 is 16.4. The fraction of sp³-hybridized carbons (Fsp3) is 1.00. The van der Waals surface area contributed by atoms with Gasteiger partial charge in [0.05, 0.1) is 0 Å². The Labute approximate surface area is 186 Å². The first kappa shape index (κ1) is 29.3. The van der Waals surface area contributed by atoms with Crippen LogP contribution < -0.4 is 0 Å². The van der Waals surface area contributed by atoms with E-state index in [0.717, 1.165) is 12.5 Å². The molecule has 0 aliphatic carbocycles. The van der Waals surface area contributed by atoms with E-state index in [9.17, 15) is 0 Å². The van der Waals surface area contributed by atoms with Gasteiger partial charge in [0.2, 0.25) is 0 Å². The molecule has 0 amide bonds. The first-order chi connectivity index (χ1) is 13.9. The van der Waals surface area contributed by atoms with Crippen LogP contribution in [0.3, 0.4) is 0 Å². The molecule has 3 nitrogen and oxygen atoms in total. The maximum absolute atomic E-state index is 5.47. The summed E-state index contributed by atoms with van der Waals surface area (Å²) in [5.41, 5.74) is 0. The van der Waals surface area contributed by atoms with Crippen LogP contribution in [-0.2, 0) is 13.3 Å².